The minimum Gasteiger partial charge on any atom is -0.361 e. The number of aromatic amines is 1. The first kappa shape index (κ1) is 15.0. The second-order valence-electron chi connectivity index (χ2n) is 5.54. The van der Waals surface area contributed by atoms with E-state index in [4.69, 9.17) is 5.41 Å². The smallest absolute Gasteiger partial charge is 0.0702 e. The van der Waals surface area contributed by atoms with Gasteiger partial charge in [0.05, 0.1) is 5.71 Å². The summed E-state index contributed by atoms with van der Waals surface area (Å²) < 4.78 is 0. The Labute approximate surface area is 126 Å². The summed E-state index contributed by atoms with van der Waals surface area (Å²) in [5, 5.41) is 8.38. The van der Waals surface area contributed by atoms with Gasteiger partial charge in [-0.1, -0.05) is 50.8 Å². The number of rotatable bonds is 5. The van der Waals surface area contributed by atoms with Crippen LogP contribution in [0.3, 0.4) is 0 Å². The predicted molar refractivity (Wildman–Crippen MR) is 90.9 cm³/mol. The highest BCUT2D eigenvalue weighted by Crippen LogP contribution is 2.18. The fourth-order valence-corrected chi connectivity index (χ4v) is 2.29. The molecule has 0 saturated heterocycles. The number of nitrogens with one attached hydrogen (secondary N) is 2. The zero-order chi connectivity index (χ0) is 15.4. The third-order valence-electron chi connectivity index (χ3n) is 3.63. The second kappa shape index (κ2) is 6.40. The van der Waals surface area contributed by atoms with E-state index in [-0.39, 0.29) is 0 Å². The van der Waals surface area contributed by atoms with Crippen LogP contribution in [0.1, 0.15) is 36.2 Å². The van der Waals surface area contributed by atoms with E-state index in [1.165, 1.54) is 5.57 Å². The standard InChI is InChI=1S/C19H22N2/c1-5-15(13(2)3)10-17-11-16(12-21-17)19(20)18-9-7-6-8-14(18)4/h5-13,20-21H,1H2,2-4H3/b15-10-,20-19?. The predicted octanol–water partition coefficient (Wildman–Crippen LogP) is 4.96. The minimum absolute atomic E-state index is 0.435. The fraction of sp³-hybridized carbons (Fsp3) is 0.211. The lowest BCUT2D eigenvalue weighted by molar-refractivity contribution is 0.797. The van der Waals surface area contributed by atoms with E-state index in [2.05, 4.69) is 31.5 Å². The van der Waals surface area contributed by atoms with Crippen molar-refractivity contribution in [3.8, 4) is 0 Å². The SMILES string of the molecule is C=C/C(=C/c1cc(C(=N)c2ccccc2C)c[nH]1)C(C)C. The molecule has 0 aliphatic rings. The highest BCUT2D eigenvalue weighted by Gasteiger charge is 2.09. The monoisotopic (exact) mass is 278 g/mol. The quantitative estimate of drug-likeness (QED) is 0.573. The van der Waals surface area contributed by atoms with Crippen molar-refractivity contribution < 1.29 is 0 Å². The van der Waals surface area contributed by atoms with Gasteiger partial charge in [0, 0.05) is 23.0 Å². The molecule has 2 N–H and O–H groups in total. The van der Waals surface area contributed by atoms with Crippen LogP contribution < -0.4 is 0 Å². The van der Waals surface area contributed by atoms with E-state index in [0.29, 0.717) is 11.6 Å². The molecule has 1 aromatic heterocycles. The first-order chi connectivity index (χ1) is 10.0. The Bertz CT molecular complexity index is 687. The minimum atomic E-state index is 0.435. The van der Waals surface area contributed by atoms with Gasteiger partial charge in [0.1, 0.15) is 0 Å². The second-order valence-corrected chi connectivity index (χ2v) is 5.54. The van der Waals surface area contributed by atoms with Crippen molar-refractivity contribution >= 4 is 11.8 Å². The molecule has 0 unspecified atom stereocenters. The van der Waals surface area contributed by atoms with Crippen LogP contribution >= 0.6 is 0 Å². The van der Waals surface area contributed by atoms with Crippen molar-refractivity contribution in [1.82, 2.24) is 4.98 Å². The van der Waals surface area contributed by atoms with Crippen LogP contribution in [0.25, 0.3) is 6.08 Å². The summed E-state index contributed by atoms with van der Waals surface area (Å²) >= 11 is 0. The number of allylic oxidation sites excluding steroid dienone is 2. The van der Waals surface area contributed by atoms with Gasteiger partial charge in [0.25, 0.3) is 0 Å². The molecular weight excluding hydrogens is 256 g/mol. The normalized spacial score (nSPS) is 11.7. The van der Waals surface area contributed by atoms with Gasteiger partial charge in [0.2, 0.25) is 0 Å². The number of hydrogen-bond donors (Lipinski definition) is 2. The third-order valence-corrected chi connectivity index (χ3v) is 3.63. The van der Waals surface area contributed by atoms with Gasteiger partial charge in [0.15, 0.2) is 0 Å². The van der Waals surface area contributed by atoms with Crippen LogP contribution in [-0.4, -0.2) is 10.7 Å². The van der Waals surface area contributed by atoms with E-state index in [9.17, 15) is 0 Å². The Morgan fingerprint density at radius 2 is 2.00 bits per heavy atom. The summed E-state index contributed by atoms with van der Waals surface area (Å²) in [5.74, 6) is 0.435. The molecule has 0 amide bonds. The number of aryl methyl sites for hydroxylation is 1. The lowest BCUT2D eigenvalue weighted by Crippen LogP contribution is -2.01. The van der Waals surface area contributed by atoms with Crippen molar-refractivity contribution in [3.05, 3.63) is 77.1 Å². The van der Waals surface area contributed by atoms with Crippen molar-refractivity contribution in [1.29, 1.82) is 5.41 Å². The first-order valence-electron chi connectivity index (χ1n) is 7.20. The van der Waals surface area contributed by atoms with E-state index >= 15 is 0 Å². The van der Waals surface area contributed by atoms with Crippen LogP contribution in [0, 0.1) is 18.3 Å². The van der Waals surface area contributed by atoms with Crippen LogP contribution in [0.4, 0.5) is 0 Å². The highest BCUT2D eigenvalue weighted by atomic mass is 14.7. The molecule has 1 heterocycles. The maximum absolute atomic E-state index is 8.38. The van der Waals surface area contributed by atoms with E-state index in [1.54, 1.807) is 0 Å². The summed E-state index contributed by atoms with van der Waals surface area (Å²) in [4.78, 5) is 3.23. The van der Waals surface area contributed by atoms with Crippen molar-refractivity contribution in [2.24, 2.45) is 5.92 Å². The molecule has 0 fully saturated rings. The molecule has 0 radical (unpaired) electrons. The van der Waals surface area contributed by atoms with Gasteiger partial charge in [-0.3, -0.25) is 5.41 Å². The summed E-state index contributed by atoms with van der Waals surface area (Å²) in [6, 6.07) is 10.0. The summed E-state index contributed by atoms with van der Waals surface area (Å²) in [6.07, 6.45) is 5.87. The molecule has 0 saturated carbocycles. The average Bonchev–Trinajstić information content (AvgIpc) is 2.93. The molecule has 2 aromatic rings. The van der Waals surface area contributed by atoms with E-state index in [1.807, 2.05) is 49.5 Å². The van der Waals surface area contributed by atoms with Crippen LogP contribution in [0.2, 0.25) is 0 Å². The fourth-order valence-electron chi connectivity index (χ4n) is 2.29. The molecule has 2 rings (SSSR count). The zero-order valence-corrected chi connectivity index (χ0v) is 12.9. The van der Waals surface area contributed by atoms with Gasteiger partial charge in [-0.15, -0.1) is 0 Å². The molecule has 2 nitrogen and oxygen atoms in total. The highest BCUT2D eigenvalue weighted by molar-refractivity contribution is 6.11. The molecule has 108 valence electrons. The largest absolute Gasteiger partial charge is 0.361 e. The Balaban J connectivity index is 2.30. The topological polar surface area (TPSA) is 39.6 Å². The Kier molecular flexibility index (Phi) is 4.59. The molecular formula is C19H22N2. The first-order valence-corrected chi connectivity index (χ1v) is 7.20. The van der Waals surface area contributed by atoms with Crippen LogP contribution in [0.5, 0.6) is 0 Å². The maximum atomic E-state index is 8.38. The van der Waals surface area contributed by atoms with Gasteiger partial charge in [-0.25, -0.2) is 0 Å². The average molecular weight is 278 g/mol. The Morgan fingerprint density at radius 1 is 1.29 bits per heavy atom. The molecule has 0 aliphatic heterocycles. The third kappa shape index (κ3) is 3.40. The zero-order valence-electron chi connectivity index (χ0n) is 12.9. The molecule has 2 heteroatoms. The molecule has 0 atom stereocenters. The molecule has 0 spiro atoms. The number of aromatic nitrogens is 1. The van der Waals surface area contributed by atoms with Gasteiger partial charge >= 0.3 is 0 Å². The number of benzene rings is 1. The molecule has 1 aromatic carbocycles. The van der Waals surface area contributed by atoms with Crippen LogP contribution in [-0.2, 0) is 0 Å². The molecule has 0 aliphatic carbocycles. The lowest BCUT2D eigenvalue weighted by Gasteiger charge is -2.05. The number of hydrogen-bond acceptors (Lipinski definition) is 1. The van der Waals surface area contributed by atoms with E-state index in [0.717, 1.165) is 22.4 Å². The van der Waals surface area contributed by atoms with E-state index < -0.39 is 0 Å². The van der Waals surface area contributed by atoms with Gasteiger partial charge < -0.3 is 4.98 Å². The number of H-pyrrole nitrogens is 1. The summed E-state index contributed by atoms with van der Waals surface area (Å²) in [7, 11) is 0. The maximum Gasteiger partial charge on any atom is 0.0702 e. The Morgan fingerprint density at radius 3 is 2.62 bits per heavy atom. The van der Waals surface area contributed by atoms with Crippen molar-refractivity contribution in [3.63, 3.8) is 0 Å². The van der Waals surface area contributed by atoms with Gasteiger partial charge in [-0.2, -0.15) is 0 Å². The summed E-state index contributed by atoms with van der Waals surface area (Å²) in [5.41, 5.74) is 5.74. The van der Waals surface area contributed by atoms with Crippen molar-refractivity contribution in [2.45, 2.75) is 20.8 Å². The van der Waals surface area contributed by atoms with Gasteiger partial charge in [-0.05, 0) is 36.1 Å². The van der Waals surface area contributed by atoms with Crippen molar-refractivity contribution in [2.75, 3.05) is 0 Å². The summed E-state index contributed by atoms with van der Waals surface area (Å²) in [6.45, 7) is 10.2. The molecule has 0 bridgehead atoms. The Hall–Kier alpha value is -2.35. The van der Waals surface area contributed by atoms with Crippen LogP contribution in [0.15, 0.2) is 54.8 Å². The lowest BCUT2D eigenvalue weighted by atomic mass is 9.99. The molecule has 21 heavy (non-hydrogen) atoms.